The molecule has 152 valence electrons. The molecule has 7 atom stereocenters. The Kier molecular flexibility index (Phi) is 4.74. The van der Waals surface area contributed by atoms with Crippen LogP contribution in [0.25, 0.3) is 0 Å². The smallest absolute Gasteiger partial charge is 0.308 e. The van der Waals surface area contributed by atoms with Crippen LogP contribution in [0.1, 0.15) is 57.1 Å². The Balaban J connectivity index is 1.65. The van der Waals surface area contributed by atoms with Gasteiger partial charge in [-0.3, -0.25) is 9.59 Å². The molecule has 1 aromatic rings. The zero-order valence-corrected chi connectivity index (χ0v) is 16.6. The van der Waals surface area contributed by atoms with E-state index < -0.39 is 29.7 Å². The normalized spacial score (nSPS) is 38.8. The molecule has 6 nitrogen and oxygen atoms in total. The van der Waals surface area contributed by atoms with Crippen molar-refractivity contribution < 1.29 is 29.3 Å². The first kappa shape index (κ1) is 19.4. The Bertz CT molecular complexity index is 804. The highest BCUT2D eigenvalue weighted by Crippen LogP contribution is 2.61. The summed E-state index contributed by atoms with van der Waals surface area (Å²) >= 11 is 0. The van der Waals surface area contributed by atoms with Crippen molar-refractivity contribution in [3.8, 4) is 5.75 Å². The lowest BCUT2D eigenvalue weighted by atomic mass is 9.55. The van der Waals surface area contributed by atoms with Gasteiger partial charge in [-0.15, -0.1) is 0 Å². The van der Waals surface area contributed by atoms with Crippen LogP contribution in [0.5, 0.6) is 5.75 Å². The number of esters is 2. The fraction of sp³-hybridized carbons (Fsp3) is 0.636. The van der Waals surface area contributed by atoms with Crippen LogP contribution in [-0.4, -0.2) is 40.5 Å². The van der Waals surface area contributed by atoms with E-state index in [0.29, 0.717) is 5.75 Å². The Morgan fingerprint density at radius 2 is 1.86 bits per heavy atom. The molecule has 2 fully saturated rings. The van der Waals surface area contributed by atoms with Gasteiger partial charge in [0.2, 0.25) is 0 Å². The van der Waals surface area contributed by atoms with Crippen LogP contribution in [-0.2, 0) is 20.7 Å². The van der Waals surface area contributed by atoms with Gasteiger partial charge in [-0.2, -0.15) is 0 Å². The highest BCUT2D eigenvalue weighted by molar-refractivity contribution is 5.69. The average molecular weight is 388 g/mol. The third-order valence-corrected chi connectivity index (χ3v) is 7.23. The van der Waals surface area contributed by atoms with Crippen molar-refractivity contribution in [3.63, 3.8) is 0 Å². The molecule has 0 bridgehead atoms. The molecule has 4 rings (SSSR count). The lowest BCUT2D eigenvalue weighted by molar-refractivity contribution is -0.161. The monoisotopic (exact) mass is 388 g/mol. The molecule has 1 aromatic carbocycles. The van der Waals surface area contributed by atoms with E-state index >= 15 is 0 Å². The van der Waals surface area contributed by atoms with Gasteiger partial charge in [-0.05, 0) is 66.7 Å². The predicted octanol–water partition coefficient (Wildman–Crippen LogP) is 2.34. The molecule has 0 amide bonds. The van der Waals surface area contributed by atoms with Crippen molar-refractivity contribution in [2.45, 2.75) is 70.7 Å². The molecule has 3 aliphatic rings. The van der Waals surface area contributed by atoms with Crippen molar-refractivity contribution in [1.82, 2.24) is 0 Å². The van der Waals surface area contributed by atoms with Gasteiger partial charge < -0.3 is 19.7 Å². The maximum absolute atomic E-state index is 11.6. The van der Waals surface area contributed by atoms with Crippen molar-refractivity contribution in [2.75, 3.05) is 0 Å². The summed E-state index contributed by atoms with van der Waals surface area (Å²) < 4.78 is 10.7. The van der Waals surface area contributed by atoms with Crippen molar-refractivity contribution in [1.29, 1.82) is 0 Å². The highest BCUT2D eigenvalue weighted by Gasteiger charge is 2.64. The van der Waals surface area contributed by atoms with Crippen LogP contribution in [0.4, 0.5) is 0 Å². The van der Waals surface area contributed by atoms with Gasteiger partial charge in [-0.25, -0.2) is 0 Å². The summed E-state index contributed by atoms with van der Waals surface area (Å²) in [6.45, 7) is 4.78. The van der Waals surface area contributed by atoms with Crippen LogP contribution in [0.3, 0.4) is 0 Å². The first-order valence-electron chi connectivity index (χ1n) is 10.1. The van der Waals surface area contributed by atoms with Gasteiger partial charge in [0.15, 0.2) is 0 Å². The molecular weight excluding hydrogens is 360 g/mol. The third-order valence-electron chi connectivity index (χ3n) is 7.23. The molecule has 0 aromatic heterocycles. The summed E-state index contributed by atoms with van der Waals surface area (Å²) in [5, 5.41) is 21.5. The Morgan fingerprint density at radius 3 is 2.54 bits per heavy atom. The molecule has 3 aliphatic carbocycles. The summed E-state index contributed by atoms with van der Waals surface area (Å²) in [7, 11) is 0. The minimum atomic E-state index is -1.05. The van der Waals surface area contributed by atoms with Gasteiger partial charge in [0.25, 0.3) is 0 Å². The number of hydrogen-bond donors (Lipinski definition) is 2. The molecule has 0 aliphatic heterocycles. The number of aliphatic hydroxyl groups is 2. The summed E-state index contributed by atoms with van der Waals surface area (Å²) in [5.74, 6) is 0.194. The minimum absolute atomic E-state index is 0.119. The fourth-order valence-corrected chi connectivity index (χ4v) is 6.21. The molecule has 2 saturated carbocycles. The van der Waals surface area contributed by atoms with Crippen LogP contribution in [0.2, 0.25) is 0 Å². The summed E-state index contributed by atoms with van der Waals surface area (Å²) in [4.78, 5) is 22.8. The molecule has 2 N–H and O–H groups in total. The van der Waals surface area contributed by atoms with Crippen LogP contribution in [0, 0.1) is 17.3 Å². The predicted molar refractivity (Wildman–Crippen MR) is 101 cm³/mol. The van der Waals surface area contributed by atoms with Crippen molar-refractivity contribution in [3.05, 3.63) is 29.3 Å². The fourth-order valence-electron chi connectivity index (χ4n) is 6.21. The van der Waals surface area contributed by atoms with Gasteiger partial charge in [-0.1, -0.05) is 13.0 Å². The zero-order valence-electron chi connectivity index (χ0n) is 16.6. The van der Waals surface area contributed by atoms with Gasteiger partial charge >= 0.3 is 11.9 Å². The van der Waals surface area contributed by atoms with E-state index in [9.17, 15) is 19.8 Å². The van der Waals surface area contributed by atoms with Gasteiger partial charge in [0, 0.05) is 19.3 Å². The van der Waals surface area contributed by atoms with Gasteiger partial charge in [0.1, 0.15) is 18.0 Å². The molecule has 28 heavy (non-hydrogen) atoms. The average Bonchev–Trinajstić information content (AvgIpc) is 2.81. The summed E-state index contributed by atoms with van der Waals surface area (Å²) in [5.41, 5.74) is 2.00. The molecule has 6 heteroatoms. The SMILES string of the molecule is CC(=O)Oc1ccc2c(c1)CC[C@H]1[C@@H]3[C@@H](O)[C@@H](O)[C@H](OC(C)=O)[C@@]3(C)CC[C@H]21. The van der Waals surface area contributed by atoms with E-state index in [4.69, 9.17) is 9.47 Å². The van der Waals surface area contributed by atoms with E-state index in [2.05, 4.69) is 0 Å². The zero-order chi connectivity index (χ0) is 20.2. The number of carbonyl (C=O) groups excluding carboxylic acids is 2. The number of aryl methyl sites for hydroxylation is 1. The highest BCUT2D eigenvalue weighted by atomic mass is 16.6. The molecule has 0 unspecified atom stereocenters. The van der Waals surface area contributed by atoms with E-state index in [1.54, 1.807) is 0 Å². The Morgan fingerprint density at radius 1 is 1.11 bits per heavy atom. The molecule has 0 saturated heterocycles. The lowest BCUT2D eigenvalue weighted by Crippen LogP contribution is -2.47. The minimum Gasteiger partial charge on any atom is -0.459 e. The second kappa shape index (κ2) is 6.85. The van der Waals surface area contributed by atoms with E-state index in [1.807, 2.05) is 25.1 Å². The summed E-state index contributed by atoms with van der Waals surface area (Å²) in [6.07, 6.45) is 0.787. The number of aliphatic hydroxyl groups excluding tert-OH is 2. The first-order chi connectivity index (χ1) is 13.2. The first-order valence-corrected chi connectivity index (χ1v) is 10.1. The van der Waals surface area contributed by atoms with Crippen LogP contribution >= 0.6 is 0 Å². The standard InChI is InChI=1S/C22H28O6/c1-11(23)27-14-5-7-15-13(10-14)4-6-17-16(15)8-9-22(3)18(17)19(25)20(26)21(22)28-12(2)24/h5,7,10,16-21,25-26H,4,6,8-9H2,1-3H3/t16-,17-,18-,19-,20-,21+,22+/m1/s1. The largest absolute Gasteiger partial charge is 0.459 e. The third kappa shape index (κ3) is 2.94. The van der Waals surface area contributed by atoms with Crippen LogP contribution in [0.15, 0.2) is 18.2 Å². The number of hydrogen-bond acceptors (Lipinski definition) is 6. The lowest BCUT2D eigenvalue weighted by Gasteiger charge is -2.50. The Hall–Kier alpha value is -1.92. The quantitative estimate of drug-likeness (QED) is 0.597. The van der Waals surface area contributed by atoms with Crippen molar-refractivity contribution >= 4 is 11.9 Å². The molecule has 0 radical (unpaired) electrons. The number of carbonyl (C=O) groups is 2. The summed E-state index contributed by atoms with van der Waals surface area (Å²) in [6, 6.07) is 5.81. The second-order valence-electron chi connectivity index (χ2n) is 8.84. The van der Waals surface area contributed by atoms with Gasteiger partial charge in [0.05, 0.1) is 6.10 Å². The van der Waals surface area contributed by atoms with Crippen molar-refractivity contribution in [2.24, 2.45) is 17.3 Å². The Labute approximate surface area is 164 Å². The second-order valence-corrected chi connectivity index (χ2v) is 8.84. The number of rotatable bonds is 2. The molecular formula is C22H28O6. The maximum atomic E-state index is 11.6. The van der Waals surface area contributed by atoms with Crippen LogP contribution < -0.4 is 4.74 Å². The van der Waals surface area contributed by atoms with E-state index in [0.717, 1.165) is 25.7 Å². The molecule has 0 spiro atoms. The maximum Gasteiger partial charge on any atom is 0.308 e. The number of benzene rings is 1. The topological polar surface area (TPSA) is 93.1 Å². The van der Waals surface area contributed by atoms with E-state index in [-0.39, 0.29) is 23.7 Å². The molecule has 0 heterocycles. The number of ether oxygens (including phenoxy) is 2. The number of fused-ring (bicyclic) bond motifs is 5. The van der Waals surface area contributed by atoms with E-state index in [1.165, 1.54) is 25.0 Å².